The molecule has 2 rings (SSSR count). The molecule has 2 aromatic rings. The molecule has 0 aromatic heterocycles. The molecule has 0 aliphatic carbocycles. The zero-order valence-corrected chi connectivity index (χ0v) is 13.3. The molecule has 1 N–H and O–H groups in total. The Morgan fingerprint density at radius 2 is 1.82 bits per heavy atom. The van der Waals surface area contributed by atoms with Gasteiger partial charge in [-0.1, -0.05) is 40.7 Å². The van der Waals surface area contributed by atoms with Crippen LogP contribution in [-0.2, 0) is 4.79 Å². The molecule has 0 saturated heterocycles. The first-order chi connectivity index (χ1) is 10.6. The number of hydrogen-bond donors (Lipinski definition) is 1. The van der Waals surface area contributed by atoms with Crippen LogP contribution in [0.25, 0.3) is 6.08 Å². The van der Waals surface area contributed by atoms with E-state index in [1.54, 1.807) is 30.3 Å². The van der Waals surface area contributed by atoms with Gasteiger partial charge in [-0.25, -0.2) is 0 Å². The second-order valence-corrected chi connectivity index (χ2v) is 5.44. The fourth-order valence-corrected chi connectivity index (χ4v) is 2.21. The number of ketones is 1. The highest BCUT2D eigenvalue weighted by Crippen LogP contribution is 2.14. The van der Waals surface area contributed by atoms with Gasteiger partial charge >= 0.3 is 0 Å². The molecule has 0 aliphatic heterocycles. The number of allylic oxidation sites excluding steroid dienone is 1. The molecule has 0 atom stereocenters. The molecule has 0 saturated carbocycles. The largest absolute Gasteiger partial charge is 0.323 e. The van der Waals surface area contributed by atoms with Crippen LogP contribution in [0.1, 0.15) is 15.9 Å². The lowest BCUT2D eigenvalue weighted by molar-refractivity contribution is -0.111. The first kappa shape index (κ1) is 15.9. The van der Waals surface area contributed by atoms with Gasteiger partial charge in [-0.15, -0.1) is 0 Å². The van der Waals surface area contributed by atoms with Crippen LogP contribution in [0.5, 0.6) is 0 Å². The van der Waals surface area contributed by atoms with Crippen LogP contribution in [0.15, 0.2) is 71.7 Å². The van der Waals surface area contributed by atoms with Gasteiger partial charge in [-0.3, -0.25) is 9.59 Å². The number of halogens is 1. The molecule has 0 radical (unpaired) electrons. The zero-order valence-electron chi connectivity index (χ0n) is 11.8. The summed E-state index contributed by atoms with van der Waals surface area (Å²) in [5, 5.41) is 2.63. The third-order valence-electron chi connectivity index (χ3n) is 2.90. The van der Waals surface area contributed by atoms with Gasteiger partial charge in [0.2, 0.25) is 5.91 Å². The molecule has 0 unspecified atom stereocenters. The summed E-state index contributed by atoms with van der Waals surface area (Å²) in [4.78, 5) is 23.3. The van der Waals surface area contributed by atoms with Gasteiger partial charge in [0.15, 0.2) is 5.78 Å². The van der Waals surface area contributed by atoms with Gasteiger partial charge in [0.25, 0.3) is 0 Å². The molecule has 0 bridgehead atoms. The highest BCUT2D eigenvalue weighted by Gasteiger charge is 2.03. The van der Waals surface area contributed by atoms with Crippen LogP contribution in [0.3, 0.4) is 0 Å². The summed E-state index contributed by atoms with van der Waals surface area (Å²) in [7, 11) is 0. The lowest BCUT2D eigenvalue weighted by Gasteiger charge is -2.02. The van der Waals surface area contributed by atoms with E-state index in [1.165, 1.54) is 12.2 Å². The number of anilines is 1. The van der Waals surface area contributed by atoms with Crippen LogP contribution in [0, 0.1) is 0 Å². The molecule has 110 valence electrons. The fraction of sp³-hybridized carbons (Fsp3) is 0. The molecule has 2 aromatic carbocycles. The minimum absolute atomic E-state index is 0.0958. The van der Waals surface area contributed by atoms with Crippen molar-refractivity contribution in [3.8, 4) is 0 Å². The Labute approximate surface area is 137 Å². The first-order valence-corrected chi connectivity index (χ1v) is 7.39. The van der Waals surface area contributed by atoms with Crippen molar-refractivity contribution >= 4 is 39.4 Å². The van der Waals surface area contributed by atoms with Gasteiger partial charge in [0, 0.05) is 15.7 Å². The summed E-state index contributed by atoms with van der Waals surface area (Å²) in [6.07, 6.45) is 4.49. The summed E-state index contributed by atoms with van der Waals surface area (Å²) in [5.41, 5.74) is 2.12. The Hall–Kier alpha value is -2.46. The number of hydrogen-bond acceptors (Lipinski definition) is 2. The van der Waals surface area contributed by atoms with E-state index in [0.717, 1.165) is 10.0 Å². The van der Waals surface area contributed by atoms with Crippen molar-refractivity contribution in [3.63, 3.8) is 0 Å². The summed E-state index contributed by atoms with van der Waals surface area (Å²) < 4.78 is 0.962. The number of amides is 1. The Balaban J connectivity index is 2.06. The summed E-state index contributed by atoms with van der Waals surface area (Å²) >= 11 is 3.39. The molecule has 0 aliphatic rings. The van der Waals surface area contributed by atoms with Crippen LogP contribution >= 0.6 is 15.9 Å². The van der Waals surface area contributed by atoms with E-state index in [-0.39, 0.29) is 11.7 Å². The van der Waals surface area contributed by atoms with Crippen LogP contribution in [0.2, 0.25) is 0 Å². The second kappa shape index (κ2) is 7.52. The number of carbonyl (C=O) groups is 2. The van der Waals surface area contributed by atoms with Crippen molar-refractivity contribution in [2.45, 2.75) is 0 Å². The highest BCUT2D eigenvalue weighted by molar-refractivity contribution is 9.10. The van der Waals surface area contributed by atoms with E-state index in [2.05, 4.69) is 27.8 Å². The minimum Gasteiger partial charge on any atom is -0.323 e. The predicted octanol–water partition coefficient (Wildman–Crippen LogP) is 4.47. The van der Waals surface area contributed by atoms with Gasteiger partial charge in [-0.05, 0) is 54.1 Å². The molecule has 3 nitrogen and oxygen atoms in total. The van der Waals surface area contributed by atoms with Crippen molar-refractivity contribution in [2.24, 2.45) is 0 Å². The quantitative estimate of drug-likeness (QED) is 0.635. The lowest BCUT2D eigenvalue weighted by atomic mass is 10.1. The molecular formula is C18H14BrNO2. The second-order valence-electron chi connectivity index (χ2n) is 4.52. The number of nitrogens with one attached hydrogen (secondary N) is 1. The van der Waals surface area contributed by atoms with Crippen molar-refractivity contribution in [1.82, 2.24) is 0 Å². The monoisotopic (exact) mass is 355 g/mol. The molecule has 0 heterocycles. The highest BCUT2D eigenvalue weighted by atomic mass is 79.9. The van der Waals surface area contributed by atoms with E-state index in [4.69, 9.17) is 0 Å². The van der Waals surface area contributed by atoms with Crippen molar-refractivity contribution in [1.29, 1.82) is 0 Å². The fourth-order valence-electron chi connectivity index (χ4n) is 1.79. The molecule has 0 spiro atoms. The Kier molecular flexibility index (Phi) is 5.44. The molecule has 22 heavy (non-hydrogen) atoms. The van der Waals surface area contributed by atoms with Crippen LogP contribution < -0.4 is 5.32 Å². The summed E-state index contributed by atoms with van der Waals surface area (Å²) in [6, 6.07) is 14.4. The van der Waals surface area contributed by atoms with Crippen LogP contribution in [0.4, 0.5) is 5.69 Å². The SMILES string of the molecule is C=CC(=O)Nc1ccc(C(=O)/C=C/c2cccc(Br)c2)cc1. The van der Waals surface area contributed by atoms with E-state index < -0.39 is 0 Å². The van der Waals surface area contributed by atoms with Gasteiger partial charge in [-0.2, -0.15) is 0 Å². The predicted molar refractivity (Wildman–Crippen MR) is 92.8 cm³/mol. The first-order valence-electron chi connectivity index (χ1n) is 6.60. The number of carbonyl (C=O) groups excluding carboxylic acids is 2. The lowest BCUT2D eigenvalue weighted by Crippen LogP contribution is -2.07. The minimum atomic E-state index is -0.284. The number of benzene rings is 2. The maximum Gasteiger partial charge on any atom is 0.247 e. The zero-order chi connectivity index (χ0) is 15.9. The van der Waals surface area contributed by atoms with E-state index in [1.807, 2.05) is 24.3 Å². The third-order valence-corrected chi connectivity index (χ3v) is 3.39. The molecule has 0 fully saturated rings. The smallest absolute Gasteiger partial charge is 0.247 e. The molecule has 1 amide bonds. The Bertz CT molecular complexity index is 733. The van der Waals surface area contributed by atoms with Crippen molar-refractivity contribution in [2.75, 3.05) is 5.32 Å². The standard InChI is InChI=1S/C18H14BrNO2/c1-2-18(22)20-16-9-7-14(8-10-16)17(21)11-6-13-4-3-5-15(19)12-13/h2-12H,1H2,(H,20,22)/b11-6+. The van der Waals surface area contributed by atoms with E-state index in [0.29, 0.717) is 11.3 Å². The van der Waals surface area contributed by atoms with Gasteiger partial charge in [0.05, 0.1) is 0 Å². The summed E-state index contributed by atoms with van der Waals surface area (Å²) in [6.45, 7) is 3.38. The van der Waals surface area contributed by atoms with Crippen molar-refractivity contribution in [3.05, 3.63) is 82.9 Å². The Morgan fingerprint density at radius 3 is 2.45 bits per heavy atom. The van der Waals surface area contributed by atoms with Crippen molar-refractivity contribution < 1.29 is 9.59 Å². The molecular weight excluding hydrogens is 342 g/mol. The van der Waals surface area contributed by atoms with Gasteiger partial charge < -0.3 is 5.32 Å². The topological polar surface area (TPSA) is 46.2 Å². The number of rotatable bonds is 5. The maximum absolute atomic E-state index is 12.1. The van der Waals surface area contributed by atoms with Crippen LogP contribution in [-0.4, -0.2) is 11.7 Å². The van der Waals surface area contributed by atoms with Gasteiger partial charge in [0.1, 0.15) is 0 Å². The third kappa shape index (κ3) is 4.53. The molecule has 4 heteroatoms. The van der Waals surface area contributed by atoms with E-state index in [9.17, 15) is 9.59 Å². The van der Waals surface area contributed by atoms with E-state index >= 15 is 0 Å². The summed E-state index contributed by atoms with van der Waals surface area (Å²) in [5.74, 6) is -0.379. The normalized spacial score (nSPS) is 10.4. The average Bonchev–Trinajstić information content (AvgIpc) is 2.53. The average molecular weight is 356 g/mol. The Morgan fingerprint density at radius 1 is 1.09 bits per heavy atom. The maximum atomic E-state index is 12.1.